The van der Waals surface area contributed by atoms with Crippen LogP contribution in [0.1, 0.15) is 36.2 Å². The third-order valence-electron chi connectivity index (χ3n) is 7.88. The Labute approximate surface area is 279 Å². The second-order valence-electron chi connectivity index (χ2n) is 10.9. The Bertz CT molecular complexity index is 1970. The molecule has 234 valence electrons. The Kier molecular flexibility index (Phi) is 9.22. The molecule has 1 aromatic heterocycles. The first-order valence-corrected chi connectivity index (χ1v) is 15.9. The van der Waals surface area contributed by atoms with Gasteiger partial charge in [-0.1, -0.05) is 85.8 Å². The largest absolute Gasteiger partial charge is 0.462 e. The lowest BCUT2D eigenvalue weighted by atomic mass is 10.0. The van der Waals surface area contributed by atoms with E-state index in [9.17, 15) is 14.4 Å². The fourth-order valence-corrected chi connectivity index (χ4v) is 6.10. The van der Waals surface area contributed by atoms with Gasteiger partial charge in [0.2, 0.25) is 0 Å². The van der Waals surface area contributed by atoms with E-state index >= 15 is 0 Å². The molecule has 0 unspecified atom stereocenters. The second-order valence-corrected chi connectivity index (χ2v) is 11.3. The third kappa shape index (κ3) is 6.15. The molecule has 1 saturated heterocycles. The minimum absolute atomic E-state index is 0.0162. The smallest absolute Gasteiger partial charge is 0.338 e. The maximum Gasteiger partial charge on any atom is 0.338 e. The molecule has 2 amide bonds. The van der Waals surface area contributed by atoms with E-state index in [-0.39, 0.29) is 17.3 Å². The molecule has 8 heteroatoms. The Balaban J connectivity index is 1.60. The first kappa shape index (κ1) is 31.4. The van der Waals surface area contributed by atoms with Gasteiger partial charge in [0.05, 0.1) is 29.2 Å². The number of aromatic nitrogens is 1. The van der Waals surface area contributed by atoms with Crippen molar-refractivity contribution in [3.63, 3.8) is 0 Å². The number of rotatable bonds is 9. The fourth-order valence-electron chi connectivity index (χ4n) is 5.74. The van der Waals surface area contributed by atoms with Crippen LogP contribution in [0, 0.1) is 0 Å². The summed E-state index contributed by atoms with van der Waals surface area (Å²) >= 11 is 5.71. The van der Waals surface area contributed by atoms with Crippen molar-refractivity contribution in [2.75, 3.05) is 18.1 Å². The van der Waals surface area contributed by atoms with Crippen LogP contribution in [0.25, 0.3) is 34.3 Å². The van der Waals surface area contributed by atoms with E-state index in [1.165, 1.54) is 9.80 Å². The summed E-state index contributed by atoms with van der Waals surface area (Å²) in [6.45, 7) is 4.40. The molecule has 4 aromatic carbocycles. The van der Waals surface area contributed by atoms with Crippen LogP contribution < -0.4 is 4.90 Å². The highest BCUT2D eigenvalue weighted by Crippen LogP contribution is 2.38. The van der Waals surface area contributed by atoms with E-state index in [1.54, 1.807) is 37.3 Å². The molecule has 47 heavy (non-hydrogen) atoms. The minimum Gasteiger partial charge on any atom is -0.462 e. The predicted octanol–water partition coefficient (Wildman–Crippen LogP) is 7.94. The van der Waals surface area contributed by atoms with Crippen LogP contribution in [0.5, 0.6) is 0 Å². The van der Waals surface area contributed by atoms with Gasteiger partial charge in [-0.25, -0.2) is 4.79 Å². The van der Waals surface area contributed by atoms with Crippen molar-refractivity contribution in [1.29, 1.82) is 0 Å². The zero-order chi connectivity index (χ0) is 32.9. The molecule has 2 heterocycles. The molecule has 0 saturated carbocycles. The number of amides is 2. The van der Waals surface area contributed by atoms with Crippen molar-refractivity contribution in [2.45, 2.75) is 20.3 Å². The Hall–Kier alpha value is -5.60. The van der Waals surface area contributed by atoms with Gasteiger partial charge in [0, 0.05) is 17.8 Å². The molecule has 0 aliphatic carbocycles. The summed E-state index contributed by atoms with van der Waals surface area (Å²) in [5.41, 5.74) is 5.97. The average molecular weight is 640 g/mol. The summed E-state index contributed by atoms with van der Waals surface area (Å²) in [7, 11) is 0. The van der Waals surface area contributed by atoms with E-state index in [0.717, 1.165) is 28.2 Å². The Morgan fingerprint density at radius 3 is 1.94 bits per heavy atom. The van der Waals surface area contributed by atoms with E-state index in [4.69, 9.17) is 17.0 Å². The van der Waals surface area contributed by atoms with Gasteiger partial charge in [-0.15, -0.1) is 0 Å². The molecule has 1 aliphatic rings. The lowest BCUT2D eigenvalue weighted by Crippen LogP contribution is -2.56. The minimum atomic E-state index is -0.481. The van der Waals surface area contributed by atoms with E-state index in [1.807, 2.05) is 104 Å². The van der Waals surface area contributed by atoms with Crippen LogP contribution >= 0.6 is 12.2 Å². The number of benzene rings is 4. The average Bonchev–Trinajstić information content (AvgIpc) is 3.49. The maximum atomic E-state index is 14.2. The number of carbonyl (C=O) groups is 3. The maximum absolute atomic E-state index is 14.2. The van der Waals surface area contributed by atoms with Gasteiger partial charge in [-0.3, -0.25) is 19.4 Å². The standard InChI is InChI=1S/C39H33N3O4S/c1-3-24-40-36(43)33(37(44)42(39(40)47)31-18-12-7-13-19-31)25-30-26-34(27-14-8-5-9-15-27)41(35(30)28-16-10-6-11-17-28)32-22-20-29(21-23-32)38(45)46-4-2/h5-23,25-26H,3-4,24H2,1-2H3/b33-25+. The molecule has 6 rings (SSSR count). The van der Waals surface area contributed by atoms with Gasteiger partial charge in [0.25, 0.3) is 11.8 Å². The lowest BCUT2D eigenvalue weighted by molar-refractivity contribution is -0.127. The highest BCUT2D eigenvalue weighted by molar-refractivity contribution is 7.80. The van der Waals surface area contributed by atoms with Crippen molar-refractivity contribution in [3.05, 3.63) is 138 Å². The zero-order valence-corrected chi connectivity index (χ0v) is 26.9. The number of thiocarbonyl (C=S) groups is 1. The highest BCUT2D eigenvalue weighted by atomic mass is 32.1. The summed E-state index contributed by atoms with van der Waals surface area (Å²) in [6, 6.07) is 38.1. The molecular formula is C39H33N3O4S. The molecule has 0 bridgehead atoms. The second kappa shape index (κ2) is 13.8. The third-order valence-corrected chi connectivity index (χ3v) is 8.28. The number of esters is 1. The number of nitrogens with zero attached hydrogens (tertiary/aromatic N) is 3. The van der Waals surface area contributed by atoms with Crippen LogP contribution in [-0.2, 0) is 14.3 Å². The van der Waals surface area contributed by atoms with Crippen molar-refractivity contribution in [2.24, 2.45) is 0 Å². The summed E-state index contributed by atoms with van der Waals surface area (Å²) in [5.74, 6) is -1.30. The Morgan fingerprint density at radius 1 is 0.745 bits per heavy atom. The SMILES string of the molecule is CCCN1C(=O)/C(=C\c2cc(-c3ccccc3)n(-c3ccc(C(=O)OCC)cc3)c2-c2ccccc2)C(=O)N(c2ccccc2)C1=S. The molecule has 1 fully saturated rings. The molecule has 0 radical (unpaired) electrons. The normalized spacial score (nSPS) is 14.2. The summed E-state index contributed by atoms with van der Waals surface area (Å²) in [6.07, 6.45) is 2.35. The van der Waals surface area contributed by atoms with Gasteiger partial charge in [0.15, 0.2) is 5.11 Å². The van der Waals surface area contributed by atoms with Gasteiger partial charge >= 0.3 is 5.97 Å². The van der Waals surface area contributed by atoms with Gasteiger partial charge in [-0.2, -0.15) is 0 Å². The number of hydrogen-bond acceptors (Lipinski definition) is 5. The zero-order valence-electron chi connectivity index (χ0n) is 26.1. The topological polar surface area (TPSA) is 71.9 Å². The fraction of sp³-hybridized carbons (Fsp3) is 0.128. The number of anilines is 1. The molecule has 1 aliphatic heterocycles. The molecule has 5 aromatic rings. The summed E-state index contributed by atoms with van der Waals surface area (Å²) < 4.78 is 7.30. The molecule has 0 N–H and O–H groups in total. The number of hydrogen-bond donors (Lipinski definition) is 0. The van der Waals surface area contributed by atoms with E-state index < -0.39 is 17.8 Å². The predicted molar refractivity (Wildman–Crippen MR) is 189 cm³/mol. The van der Waals surface area contributed by atoms with Crippen molar-refractivity contribution >= 4 is 46.9 Å². The van der Waals surface area contributed by atoms with Crippen LogP contribution in [0.15, 0.2) is 127 Å². The lowest BCUT2D eigenvalue weighted by Gasteiger charge is -2.36. The molecule has 0 atom stereocenters. The Morgan fingerprint density at radius 2 is 1.34 bits per heavy atom. The first-order chi connectivity index (χ1) is 22.9. The van der Waals surface area contributed by atoms with Crippen molar-refractivity contribution < 1.29 is 19.1 Å². The monoisotopic (exact) mass is 639 g/mol. The quantitative estimate of drug-likeness (QED) is 0.0709. The highest BCUT2D eigenvalue weighted by Gasteiger charge is 2.40. The molecular weight excluding hydrogens is 607 g/mol. The summed E-state index contributed by atoms with van der Waals surface area (Å²) in [5, 5.41) is 0.165. The number of carbonyl (C=O) groups excluding carboxylic acids is 3. The van der Waals surface area contributed by atoms with Crippen LogP contribution in [-0.4, -0.2) is 45.5 Å². The van der Waals surface area contributed by atoms with Gasteiger partial charge < -0.3 is 9.30 Å². The number of para-hydroxylation sites is 1. The molecule has 7 nitrogen and oxygen atoms in total. The van der Waals surface area contributed by atoms with Crippen LogP contribution in [0.4, 0.5) is 5.69 Å². The van der Waals surface area contributed by atoms with Gasteiger partial charge in [0.1, 0.15) is 5.57 Å². The van der Waals surface area contributed by atoms with Crippen LogP contribution in [0.3, 0.4) is 0 Å². The first-order valence-electron chi connectivity index (χ1n) is 15.5. The number of ether oxygens (including phenoxy) is 1. The van der Waals surface area contributed by atoms with Crippen LogP contribution in [0.2, 0.25) is 0 Å². The molecule has 0 spiro atoms. The van der Waals surface area contributed by atoms with E-state index in [2.05, 4.69) is 4.57 Å². The van der Waals surface area contributed by atoms with E-state index in [0.29, 0.717) is 29.8 Å². The van der Waals surface area contributed by atoms with Gasteiger partial charge in [-0.05, 0) is 85.2 Å². The summed E-state index contributed by atoms with van der Waals surface area (Å²) in [4.78, 5) is 43.6. The van der Waals surface area contributed by atoms with Crippen molar-refractivity contribution in [1.82, 2.24) is 9.47 Å². The van der Waals surface area contributed by atoms with Crippen molar-refractivity contribution in [3.8, 4) is 28.2 Å².